The summed E-state index contributed by atoms with van der Waals surface area (Å²) in [5, 5.41) is 1.46. The molecule has 1 aliphatic heterocycles. The minimum absolute atomic E-state index is 0.0104. The van der Waals surface area contributed by atoms with Gasteiger partial charge in [0.2, 0.25) is 0 Å². The third-order valence-corrected chi connectivity index (χ3v) is 1.04. The van der Waals surface area contributed by atoms with Gasteiger partial charge in [-0.1, -0.05) is 33.8 Å². The molecule has 72 valence electrons. The fraction of sp³-hybridized carbons (Fsp3) is 0.667. The first kappa shape index (κ1) is 13.7. The second-order valence-electron chi connectivity index (χ2n) is 1.66. The monoisotopic (exact) mass is 172 g/mol. The van der Waals surface area contributed by atoms with E-state index < -0.39 is 0 Å². The Morgan fingerprint density at radius 1 is 1.33 bits per heavy atom. The van der Waals surface area contributed by atoms with Crippen LogP contribution in [0.1, 0.15) is 27.7 Å². The summed E-state index contributed by atoms with van der Waals surface area (Å²) in [6.07, 6.45) is 3.35. The largest absolute Gasteiger partial charge is 0.277 e. The highest BCUT2D eigenvalue weighted by Gasteiger charge is 2.05. The smallest absolute Gasteiger partial charge is 0.260 e. The number of carbonyl (C=O) groups excluding carboxylic acids is 1. The number of rotatable bonds is 0. The number of hydrogen-bond acceptors (Lipinski definition) is 2. The van der Waals surface area contributed by atoms with Gasteiger partial charge in [0, 0.05) is 19.7 Å². The number of likely N-dealkylation sites (N-methyl/N-ethyl adjacent to an activating group) is 1. The third-order valence-electron chi connectivity index (χ3n) is 1.04. The molecule has 0 saturated carbocycles. The minimum Gasteiger partial charge on any atom is -0.277 e. The molecule has 0 fully saturated rings. The van der Waals surface area contributed by atoms with Crippen LogP contribution in [0, 0.1) is 0 Å². The Morgan fingerprint density at radius 3 is 2.08 bits per heavy atom. The van der Waals surface area contributed by atoms with E-state index in [-0.39, 0.29) is 5.91 Å². The molecule has 12 heavy (non-hydrogen) atoms. The zero-order valence-corrected chi connectivity index (χ0v) is 8.72. The molecule has 0 aromatic heterocycles. The molecule has 0 saturated heterocycles. The first-order chi connectivity index (χ1) is 5.80. The van der Waals surface area contributed by atoms with Crippen LogP contribution in [-0.4, -0.2) is 24.5 Å². The highest BCUT2D eigenvalue weighted by atomic mass is 16.2. The fourth-order valence-corrected chi connectivity index (χ4v) is 0.539. The van der Waals surface area contributed by atoms with Crippen molar-refractivity contribution in [3.05, 3.63) is 12.2 Å². The summed E-state index contributed by atoms with van der Waals surface area (Å²) in [6, 6.07) is 0. The minimum atomic E-state index is 0.0104. The van der Waals surface area contributed by atoms with Crippen molar-refractivity contribution >= 4 is 5.91 Å². The van der Waals surface area contributed by atoms with E-state index in [4.69, 9.17) is 0 Å². The van der Waals surface area contributed by atoms with Crippen LogP contribution in [0.3, 0.4) is 0 Å². The van der Waals surface area contributed by atoms with Gasteiger partial charge in [-0.05, 0) is 0 Å². The van der Waals surface area contributed by atoms with Crippen molar-refractivity contribution in [2.45, 2.75) is 27.7 Å². The van der Waals surface area contributed by atoms with Gasteiger partial charge >= 0.3 is 0 Å². The summed E-state index contributed by atoms with van der Waals surface area (Å²) >= 11 is 0. The van der Waals surface area contributed by atoms with Crippen LogP contribution in [-0.2, 0) is 4.79 Å². The predicted molar refractivity (Wildman–Crippen MR) is 52.6 cm³/mol. The molecule has 0 atom stereocenters. The van der Waals surface area contributed by atoms with E-state index in [1.807, 2.05) is 27.7 Å². The molecule has 0 aromatic carbocycles. The first-order valence-corrected chi connectivity index (χ1v) is 4.48. The van der Waals surface area contributed by atoms with Crippen molar-refractivity contribution in [1.29, 1.82) is 0 Å². The van der Waals surface area contributed by atoms with Crippen LogP contribution < -0.4 is 5.43 Å². The lowest BCUT2D eigenvalue weighted by Gasteiger charge is -2.18. The molecular formula is C9H20N2O. The number of nitrogens with one attached hydrogen (secondary N) is 1. The summed E-state index contributed by atoms with van der Waals surface area (Å²) in [5.74, 6) is 0.0104. The van der Waals surface area contributed by atoms with E-state index in [0.717, 1.165) is 6.54 Å². The Bertz CT molecular complexity index is 132. The molecule has 0 aromatic rings. The average molecular weight is 172 g/mol. The number of amides is 1. The van der Waals surface area contributed by atoms with Crippen molar-refractivity contribution < 1.29 is 4.79 Å². The Kier molecular flexibility index (Phi) is 11.6. The van der Waals surface area contributed by atoms with Crippen LogP contribution in [0.4, 0.5) is 0 Å². The quantitative estimate of drug-likeness (QED) is 0.601. The van der Waals surface area contributed by atoms with Crippen molar-refractivity contribution in [2.24, 2.45) is 0 Å². The van der Waals surface area contributed by atoms with Crippen LogP contribution >= 0.6 is 0 Å². The molecule has 3 nitrogen and oxygen atoms in total. The summed E-state index contributed by atoms with van der Waals surface area (Å²) in [5.41, 5.74) is 2.83. The summed E-state index contributed by atoms with van der Waals surface area (Å²) < 4.78 is 0. The molecule has 0 unspecified atom stereocenters. The maximum absolute atomic E-state index is 10.6. The van der Waals surface area contributed by atoms with E-state index >= 15 is 0 Å². The number of hydrazine groups is 1. The molecular weight excluding hydrogens is 152 g/mol. The zero-order valence-electron chi connectivity index (χ0n) is 8.72. The first-order valence-electron chi connectivity index (χ1n) is 4.48. The van der Waals surface area contributed by atoms with Gasteiger partial charge in [-0.2, -0.15) is 0 Å². The molecule has 1 aliphatic rings. The fourth-order valence-electron chi connectivity index (χ4n) is 0.539. The highest BCUT2D eigenvalue weighted by molar-refractivity contribution is 5.87. The molecule has 0 spiro atoms. The molecule has 1 amide bonds. The van der Waals surface area contributed by atoms with Gasteiger partial charge in [0.15, 0.2) is 0 Å². The van der Waals surface area contributed by atoms with E-state index in [1.54, 1.807) is 19.2 Å². The Balaban J connectivity index is 0. The van der Waals surface area contributed by atoms with Gasteiger partial charge in [-0.3, -0.25) is 9.80 Å². The standard InChI is InChI=1S/C5H8N2O.2C2H6/c1-7-5(8)3-2-4-6-7;2*1-2/h2-3,6H,4H2,1H3;2*1-2H3. The van der Waals surface area contributed by atoms with Crippen LogP contribution in [0.15, 0.2) is 12.2 Å². The van der Waals surface area contributed by atoms with Crippen LogP contribution in [0.5, 0.6) is 0 Å². The second kappa shape index (κ2) is 10.2. The number of nitrogens with zero attached hydrogens (tertiary/aromatic N) is 1. The van der Waals surface area contributed by atoms with Gasteiger partial charge in [0.05, 0.1) is 0 Å². The Labute approximate surface area is 75.4 Å². The normalized spacial score (nSPS) is 14.1. The Morgan fingerprint density at radius 2 is 1.83 bits per heavy atom. The number of carbonyl (C=O) groups is 1. The molecule has 0 radical (unpaired) electrons. The SMILES string of the molecule is CC.CC.CN1NCC=CC1=O. The molecule has 0 bridgehead atoms. The van der Waals surface area contributed by atoms with Gasteiger partial charge in [-0.15, -0.1) is 0 Å². The lowest BCUT2D eigenvalue weighted by molar-refractivity contribution is -0.127. The van der Waals surface area contributed by atoms with Gasteiger partial charge in [0.25, 0.3) is 5.91 Å². The summed E-state index contributed by atoms with van der Waals surface area (Å²) in [6.45, 7) is 8.75. The van der Waals surface area contributed by atoms with E-state index in [0.29, 0.717) is 0 Å². The van der Waals surface area contributed by atoms with E-state index in [1.165, 1.54) is 5.01 Å². The topological polar surface area (TPSA) is 32.3 Å². The zero-order chi connectivity index (χ0) is 9.98. The third kappa shape index (κ3) is 5.92. The van der Waals surface area contributed by atoms with Crippen molar-refractivity contribution in [2.75, 3.05) is 13.6 Å². The van der Waals surface area contributed by atoms with Gasteiger partial charge < -0.3 is 0 Å². The van der Waals surface area contributed by atoms with Gasteiger partial charge in [-0.25, -0.2) is 5.43 Å². The summed E-state index contributed by atoms with van der Waals surface area (Å²) in [4.78, 5) is 10.6. The molecule has 1 heterocycles. The average Bonchev–Trinajstić information content (AvgIpc) is 2.17. The van der Waals surface area contributed by atoms with Crippen molar-refractivity contribution in [1.82, 2.24) is 10.4 Å². The van der Waals surface area contributed by atoms with E-state index in [2.05, 4.69) is 5.43 Å². The number of hydrogen-bond donors (Lipinski definition) is 1. The highest BCUT2D eigenvalue weighted by Crippen LogP contribution is 1.86. The molecule has 1 N–H and O–H groups in total. The maximum atomic E-state index is 10.6. The second-order valence-corrected chi connectivity index (χ2v) is 1.66. The predicted octanol–water partition coefficient (Wildman–Crippen LogP) is 1.57. The molecule has 1 rings (SSSR count). The summed E-state index contributed by atoms with van der Waals surface area (Å²) in [7, 11) is 1.70. The van der Waals surface area contributed by atoms with Crippen LogP contribution in [0.25, 0.3) is 0 Å². The van der Waals surface area contributed by atoms with E-state index in [9.17, 15) is 4.79 Å². The van der Waals surface area contributed by atoms with Crippen LogP contribution in [0.2, 0.25) is 0 Å². The maximum Gasteiger partial charge on any atom is 0.260 e. The van der Waals surface area contributed by atoms with Gasteiger partial charge in [0.1, 0.15) is 0 Å². The van der Waals surface area contributed by atoms with Crippen molar-refractivity contribution in [3.63, 3.8) is 0 Å². The lowest BCUT2D eigenvalue weighted by atomic mass is 10.4. The van der Waals surface area contributed by atoms with Crippen molar-refractivity contribution in [3.8, 4) is 0 Å². The molecule has 3 heteroatoms. The Hall–Kier alpha value is -0.830. The molecule has 0 aliphatic carbocycles. The lowest BCUT2D eigenvalue weighted by Crippen LogP contribution is -2.41.